The summed E-state index contributed by atoms with van der Waals surface area (Å²) in [6.07, 6.45) is 2.98. The van der Waals surface area contributed by atoms with E-state index in [1.54, 1.807) is 12.1 Å². The van der Waals surface area contributed by atoms with E-state index in [0.29, 0.717) is 31.0 Å². The van der Waals surface area contributed by atoms with Crippen LogP contribution in [-0.2, 0) is 6.54 Å². The standard InChI is InChI=1S/C22H26F2N2O2/c1-15-11-16(2)28-20(15)21(27)26-10-8-22(14-26)7-4-9-25(13-22)12-17-5-3-6-18(23)19(17)24/h3,5-6,11H,4,7-10,12-14H2,1-2H3/t22-/m1/s1. The molecule has 0 aliphatic carbocycles. The molecule has 0 bridgehead atoms. The number of aryl methyl sites for hydroxylation is 2. The molecule has 0 radical (unpaired) electrons. The molecule has 2 aliphatic rings. The summed E-state index contributed by atoms with van der Waals surface area (Å²) in [5, 5.41) is 0. The van der Waals surface area contributed by atoms with Gasteiger partial charge in [0.25, 0.3) is 5.91 Å². The van der Waals surface area contributed by atoms with Crippen LogP contribution in [0.15, 0.2) is 28.7 Å². The van der Waals surface area contributed by atoms with Crippen LogP contribution in [0.3, 0.4) is 0 Å². The minimum atomic E-state index is -0.800. The van der Waals surface area contributed by atoms with Crippen LogP contribution < -0.4 is 0 Å². The van der Waals surface area contributed by atoms with Gasteiger partial charge in [0.05, 0.1) is 0 Å². The largest absolute Gasteiger partial charge is 0.456 e. The van der Waals surface area contributed by atoms with Gasteiger partial charge in [-0.05, 0) is 51.8 Å². The number of carbonyl (C=O) groups is 1. The number of carbonyl (C=O) groups excluding carboxylic acids is 1. The molecule has 1 aromatic heterocycles. The van der Waals surface area contributed by atoms with Crippen LogP contribution in [0.25, 0.3) is 0 Å². The van der Waals surface area contributed by atoms with E-state index < -0.39 is 11.6 Å². The van der Waals surface area contributed by atoms with Gasteiger partial charge in [0, 0.05) is 42.7 Å². The molecule has 2 aliphatic heterocycles. The van der Waals surface area contributed by atoms with Crippen molar-refractivity contribution >= 4 is 5.91 Å². The predicted molar refractivity (Wildman–Crippen MR) is 102 cm³/mol. The van der Waals surface area contributed by atoms with Crippen LogP contribution in [-0.4, -0.2) is 41.9 Å². The highest BCUT2D eigenvalue weighted by Gasteiger charge is 2.43. The lowest BCUT2D eigenvalue weighted by atomic mass is 9.79. The van der Waals surface area contributed by atoms with E-state index in [4.69, 9.17) is 4.42 Å². The summed E-state index contributed by atoms with van der Waals surface area (Å²) >= 11 is 0. The average molecular weight is 388 g/mol. The monoisotopic (exact) mass is 388 g/mol. The van der Waals surface area contributed by atoms with Gasteiger partial charge < -0.3 is 9.32 Å². The van der Waals surface area contributed by atoms with Gasteiger partial charge >= 0.3 is 0 Å². The van der Waals surface area contributed by atoms with Crippen molar-refractivity contribution in [2.75, 3.05) is 26.2 Å². The van der Waals surface area contributed by atoms with Crippen molar-refractivity contribution in [2.24, 2.45) is 5.41 Å². The maximum absolute atomic E-state index is 14.1. The lowest BCUT2D eigenvalue weighted by molar-refractivity contribution is 0.0647. The number of halogens is 2. The molecular formula is C22H26F2N2O2. The van der Waals surface area contributed by atoms with Gasteiger partial charge in [-0.1, -0.05) is 12.1 Å². The summed E-state index contributed by atoms with van der Waals surface area (Å²) in [5.74, 6) is -0.421. The van der Waals surface area contributed by atoms with Gasteiger partial charge in [-0.25, -0.2) is 8.78 Å². The van der Waals surface area contributed by atoms with E-state index in [9.17, 15) is 13.6 Å². The molecule has 150 valence electrons. The first-order valence-electron chi connectivity index (χ1n) is 9.88. The maximum Gasteiger partial charge on any atom is 0.289 e. The highest BCUT2D eigenvalue weighted by atomic mass is 19.2. The summed E-state index contributed by atoms with van der Waals surface area (Å²) in [6, 6.07) is 6.23. The summed E-state index contributed by atoms with van der Waals surface area (Å²) < 4.78 is 33.2. The van der Waals surface area contributed by atoms with Gasteiger partial charge in [0.2, 0.25) is 0 Å². The fraction of sp³-hybridized carbons (Fsp3) is 0.500. The second-order valence-electron chi connectivity index (χ2n) is 8.37. The summed E-state index contributed by atoms with van der Waals surface area (Å²) in [7, 11) is 0. The molecule has 28 heavy (non-hydrogen) atoms. The summed E-state index contributed by atoms with van der Waals surface area (Å²) in [4.78, 5) is 17.0. The normalized spacial score (nSPS) is 22.9. The van der Waals surface area contributed by atoms with Crippen molar-refractivity contribution in [3.8, 4) is 0 Å². The zero-order chi connectivity index (χ0) is 19.9. The van der Waals surface area contributed by atoms with Gasteiger partial charge in [-0.15, -0.1) is 0 Å². The predicted octanol–water partition coefficient (Wildman–Crippen LogP) is 4.30. The Morgan fingerprint density at radius 3 is 2.75 bits per heavy atom. The lowest BCUT2D eigenvalue weighted by Gasteiger charge is -2.40. The first-order valence-corrected chi connectivity index (χ1v) is 9.88. The molecule has 1 amide bonds. The quantitative estimate of drug-likeness (QED) is 0.787. The number of amides is 1. The van der Waals surface area contributed by atoms with Crippen molar-refractivity contribution in [3.63, 3.8) is 0 Å². The smallest absolute Gasteiger partial charge is 0.289 e. The molecule has 4 rings (SSSR count). The number of benzene rings is 1. The van der Waals surface area contributed by atoms with E-state index in [1.807, 2.05) is 24.8 Å². The third kappa shape index (κ3) is 3.58. The van der Waals surface area contributed by atoms with Crippen molar-refractivity contribution < 1.29 is 18.0 Å². The molecule has 1 atom stereocenters. The Kier molecular flexibility index (Phi) is 5.00. The number of furan rings is 1. The van der Waals surface area contributed by atoms with Crippen LogP contribution in [0.1, 0.15) is 46.7 Å². The molecule has 1 spiro atoms. The van der Waals surface area contributed by atoms with E-state index in [-0.39, 0.29) is 11.3 Å². The molecule has 2 fully saturated rings. The minimum absolute atomic E-state index is 0.0211. The fourth-order valence-corrected chi connectivity index (χ4v) is 4.80. The molecule has 2 saturated heterocycles. The number of hydrogen-bond acceptors (Lipinski definition) is 3. The van der Waals surface area contributed by atoms with Crippen molar-refractivity contribution in [3.05, 3.63) is 58.5 Å². The molecule has 0 N–H and O–H groups in total. The lowest BCUT2D eigenvalue weighted by Crippen LogP contribution is -2.45. The van der Waals surface area contributed by atoms with Gasteiger partial charge in [-0.3, -0.25) is 9.69 Å². The van der Waals surface area contributed by atoms with E-state index in [1.165, 1.54) is 0 Å². The van der Waals surface area contributed by atoms with E-state index >= 15 is 0 Å². The Labute approximate surface area is 164 Å². The van der Waals surface area contributed by atoms with Crippen LogP contribution in [0.2, 0.25) is 0 Å². The Morgan fingerprint density at radius 1 is 1.18 bits per heavy atom. The third-order valence-corrected chi connectivity index (χ3v) is 6.13. The Hall–Kier alpha value is -2.21. The van der Waals surface area contributed by atoms with Crippen LogP contribution in [0, 0.1) is 30.9 Å². The first-order chi connectivity index (χ1) is 13.4. The summed E-state index contributed by atoms with van der Waals surface area (Å²) in [6.45, 7) is 7.19. The van der Waals surface area contributed by atoms with Crippen molar-refractivity contribution in [1.82, 2.24) is 9.80 Å². The summed E-state index contributed by atoms with van der Waals surface area (Å²) in [5.41, 5.74) is 1.28. The first kappa shape index (κ1) is 19.1. The SMILES string of the molecule is Cc1cc(C)c(C(=O)N2CC[C@@]3(CCCN(Cc4cccc(F)c4F)C3)C2)o1. The minimum Gasteiger partial charge on any atom is -0.456 e. The van der Waals surface area contributed by atoms with Gasteiger partial charge in [0.15, 0.2) is 17.4 Å². The molecular weight excluding hydrogens is 362 g/mol. The zero-order valence-corrected chi connectivity index (χ0v) is 16.4. The Balaban J connectivity index is 1.45. The molecule has 2 aromatic rings. The van der Waals surface area contributed by atoms with Crippen LogP contribution in [0.5, 0.6) is 0 Å². The topological polar surface area (TPSA) is 36.7 Å². The average Bonchev–Trinajstić information content (AvgIpc) is 3.21. The van der Waals surface area contributed by atoms with Gasteiger partial charge in [0.1, 0.15) is 5.76 Å². The molecule has 3 heterocycles. The zero-order valence-electron chi connectivity index (χ0n) is 16.4. The maximum atomic E-state index is 14.1. The number of nitrogens with zero attached hydrogens (tertiary/aromatic N) is 2. The molecule has 1 aromatic carbocycles. The molecule has 4 nitrogen and oxygen atoms in total. The van der Waals surface area contributed by atoms with Crippen LogP contribution in [0.4, 0.5) is 8.78 Å². The highest BCUT2D eigenvalue weighted by molar-refractivity contribution is 5.93. The van der Waals surface area contributed by atoms with E-state index in [2.05, 4.69) is 4.90 Å². The van der Waals surface area contributed by atoms with Crippen molar-refractivity contribution in [2.45, 2.75) is 39.7 Å². The third-order valence-electron chi connectivity index (χ3n) is 6.13. The highest BCUT2D eigenvalue weighted by Crippen LogP contribution is 2.40. The number of rotatable bonds is 3. The number of likely N-dealkylation sites (tertiary alicyclic amines) is 2. The fourth-order valence-electron chi connectivity index (χ4n) is 4.80. The van der Waals surface area contributed by atoms with Crippen LogP contribution >= 0.6 is 0 Å². The van der Waals surface area contributed by atoms with Crippen molar-refractivity contribution in [1.29, 1.82) is 0 Å². The molecule has 0 saturated carbocycles. The molecule has 6 heteroatoms. The number of hydrogen-bond donors (Lipinski definition) is 0. The Bertz CT molecular complexity index is 895. The Morgan fingerprint density at radius 2 is 2.00 bits per heavy atom. The second-order valence-corrected chi connectivity index (χ2v) is 8.37. The molecule has 0 unspecified atom stereocenters. The van der Waals surface area contributed by atoms with E-state index in [0.717, 1.165) is 49.7 Å². The second kappa shape index (κ2) is 7.32. The van der Waals surface area contributed by atoms with Gasteiger partial charge in [-0.2, -0.15) is 0 Å². The number of piperidine rings is 1.